The first-order chi connectivity index (χ1) is 8.90. The second kappa shape index (κ2) is 3.55. The summed E-state index contributed by atoms with van der Waals surface area (Å²) in [5.74, 6) is -1.61. The van der Waals surface area contributed by atoms with Crippen molar-refractivity contribution in [2.24, 2.45) is 0 Å². The summed E-state index contributed by atoms with van der Waals surface area (Å²) in [6, 6.07) is 6.31. The van der Waals surface area contributed by atoms with Crippen LogP contribution in [-0.4, -0.2) is 23.7 Å². The van der Waals surface area contributed by atoms with Gasteiger partial charge in [0.05, 0.1) is 0 Å². The maximum atomic E-state index is 11.9. The highest BCUT2D eigenvalue weighted by Gasteiger charge is 2.32. The van der Waals surface area contributed by atoms with E-state index < -0.39 is 21.6 Å². The lowest BCUT2D eigenvalue weighted by atomic mass is 10.0. The molecular weight excluding hydrogens is 272 g/mol. The summed E-state index contributed by atoms with van der Waals surface area (Å²) in [7, 11) is -4.09. The number of hydrogen-bond acceptors (Lipinski definition) is 6. The second-order valence-corrected chi connectivity index (χ2v) is 5.54. The maximum Gasteiger partial charge on any atom is 0.339 e. The molecule has 3 N–H and O–H groups in total. The molecule has 3 rings (SSSR count). The lowest BCUT2D eigenvalue weighted by molar-refractivity contribution is 0.383. The maximum absolute atomic E-state index is 11.9. The standard InChI is InChI=1S/C12H8O6S/c13-6-1-4-10-8(5-6)7-2-3-9(14)11(15)12(7)18-19(10,16)17/h1-5,13-15H. The number of aromatic hydroxyl groups is 3. The molecule has 0 spiro atoms. The Morgan fingerprint density at radius 1 is 0.947 bits per heavy atom. The van der Waals surface area contributed by atoms with Gasteiger partial charge in [-0.05, 0) is 30.3 Å². The van der Waals surface area contributed by atoms with Crippen LogP contribution >= 0.6 is 0 Å². The Kier molecular flexibility index (Phi) is 2.18. The van der Waals surface area contributed by atoms with Crippen LogP contribution in [0.25, 0.3) is 11.1 Å². The van der Waals surface area contributed by atoms with Crippen molar-refractivity contribution in [1.82, 2.24) is 0 Å². The summed E-state index contributed by atoms with van der Waals surface area (Å²) in [5, 5.41) is 28.5. The molecule has 0 atom stereocenters. The third-order valence-corrected chi connectivity index (χ3v) is 4.11. The molecule has 19 heavy (non-hydrogen) atoms. The third kappa shape index (κ3) is 1.59. The molecule has 0 bridgehead atoms. The van der Waals surface area contributed by atoms with E-state index in [9.17, 15) is 23.7 Å². The highest BCUT2D eigenvalue weighted by Crippen LogP contribution is 2.49. The highest BCUT2D eigenvalue weighted by molar-refractivity contribution is 7.87. The molecule has 2 aromatic rings. The van der Waals surface area contributed by atoms with Gasteiger partial charge in [-0.2, -0.15) is 8.42 Å². The smallest absolute Gasteiger partial charge is 0.339 e. The van der Waals surface area contributed by atoms with Crippen molar-refractivity contribution < 1.29 is 27.9 Å². The molecule has 0 aromatic heterocycles. The first-order valence-electron chi connectivity index (χ1n) is 5.23. The van der Waals surface area contributed by atoms with Crippen molar-refractivity contribution >= 4 is 10.1 Å². The largest absolute Gasteiger partial charge is 0.508 e. The lowest BCUT2D eigenvalue weighted by Gasteiger charge is -2.21. The number of hydrogen-bond donors (Lipinski definition) is 3. The zero-order valence-electron chi connectivity index (χ0n) is 9.36. The average Bonchev–Trinajstić information content (AvgIpc) is 2.34. The molecule has 0 radical (unpaired) electrons. The molecule has 7 heteroatoms. The van der Waals surface area contributed by atoms with E-state index >= 15 is 0 Å². The van der Waals surface area contributed by atoms with Crippen LogP contribution in [-0.2, 0) is 10.1 Å². The Bertz CT molecular complexity index is 794. The van der Waals surface area contributed by atoms with Gasteiger partial charge in [0, 0.05) is 11.1 Å². The Morgan fingerprint density at radius 3 is 2.42 bits per heavy atom. The summed E-state index contributed by atoms with van der Waals surface area (Å²) in [5.41, 5.74) is 0.479. The first-order valence-corrected chi connectivity index (χ1v) is 6.64. The van der Waals surface area contributed by atoms with Crippen LogP contribution in [0.3, 0.4) is 0 Å². The minimum Gasteiger partial charge on any atom is -0.508 e. The number of benzene rings is 2. The van der Waals surface area contributed by atoms with E-state index in [0.717, 1.165) is 0 Å². The van der Waals surface area contributed by atoms with E-state index in [1.807, 2.05) is 0 Å². The van der Waals surface area contributed by atoms with Crippen molar-refractivity contribution in [3.8, 4) is 34.1 Å². The van der Waals surface area contributed by atoms with Crippen LogP contribution < -0.4 is 4.18 Å². The zero-order chi connectivity index (χ0) is 13.8. The molecule has 1 aliphatic rings. The normalized spacial score (nSPS) is 15.2. The van der Waals surface area contributed by atoms with Crippen LogP contribution in [0.15, 0.2) is 35.2 Å². The van der Waals surface area contributed by atoms with Crippen LogP contribution in [0.4, 0.5) is 0 Å². The minimum atomic E-state index is -4.09. The lowest BCUT2D eigenvalue weighted by Crippen LogP contribution is -2.15. The van der Waals surface area contributed by atoms with E-state index in [1.165, 1.54) is 30.3 Å². The van der Waals surface area contributed by atoms with Gasteiger partial charge >= 0.3 is 10.1 Å². The topological polar surface area (TPSA) is 104 Å². The van der Waals surface area contributed by atoms with Gasteiger partial charge in [-0.1, -0.05) is 0 Å². The summed E-state index contributed by atoms with van der Waals surface area (Å²) in [4.78, 5) is -0.108. The fourth-order valence-corrected chi connectivity index (χ4v) is 3.11. The van der Waals surface area contributed by atoms with E-state index in [4.69, 9.17) is 4.18 Å². The van der Waals surface area contributed by atoms with Gasteiger partial charge in [-0.15, -0.1) is 0 Å². The van der Waals surface area contributed by atoms with Crippen LogP contribution in [0.5, 0.6) is 23.0 Å². The second-order valence-electron chi connectivity index (χ2n) is 4.03. The summed E-state index contributed by atoms with van der Waals surface area (Å²) < 4.78 is 28.6. The Balaban J connectivity index is 2.44. The molecule has 1 aliphatic heterocycles. The zero-order valence-corrected chi connectivity index (χ0v) is 10.2. The number of rotatable bonds is 0. The van der Waals surface area contributed by atoms with Gasteiger partial charge in [0.2, 0.25) is 5.75 Å². The quantitative estimate of drug-likeness (QED) is 0.499. The molecule has 0 saturated heterocycles. The fraction of sp³-hybridized carbons (Fsp3) is 0. The number of phenolic OH excluding ortho intramolecular Hbond substituents is 3. The average molecular weight is 280 g/mol. The van der Waals surface area contributed by atoms with Crippen molar-refractivity contribution in [3.63, 3.8) is 0 Å². The summed E-state index contributed by atoms with van der Waals surface area (Å²) in [6.07, 6.45) is 0. The minimum absolute atomic E-state index is 0.108. The van der Waals surface area contributed by atoms with E-state index in [2.05, 4.69) is 0 Å². The van der Waals surface area contributed by atoms with Crippen molar-refractivity contribution in [3.05, 3.63) is 30.3 Å². The molecular formula is C12H8O6S. The molecule has 0 saturated carbocycles. The van der Waals surface area contributed by atoms with Crippen molar-refractivity contribution in [2.75, 3.05) is 0 Å². The van der Waals surface area contributed by atoms with Crippen LogP contribution in [0.1, 0.15) is 0 Å². The molecule has 2 aromatic carbocycles. The van der Waals surface area contributed by atoms with Gasteiger partial charge < -0.3 is 19.5 Å². The van der Waals surface area contributed by atoms with Crippen molar-refractivity contribution in [2.45, 2.75) is 4.90 Å². The predicted octanol–water partition coefficient (Wildman–Crippen LogP) is 1.55. The molecule has 6 nitrogen and oxygen atoms in total. The van der Waals surface area contributed by atoms with Crippen LogP contribution in [0, 0.1) is 0 Å². The first kappa shape index (κ1) is 11.7. The molecule has 0 aliphatic carbocycles. The number of phenols is 3. The highest BCUT2D eigenvalue weighted by atomic mass is 32.2. The molecule has 0 fully saturated rings. The SMILES string of the molecule is O=S1(=O)Oc2c(ccc(O)c2O)-c2cc(O)ccc21. The predicted molar refractivity (Wildman–Crippen MR) is 64.7 cm³/mol. The van der Waals surface area contributed by atoms with Gasteiger partial charge in [-0.3, -0.25) is 0 Å². The van der Waals surface area contributed by atoms with Gasteiger partial charge in [-0.25, -0.2) is 0 Å². The molecule has 1 heterocycles. The molecule has 0 unspecified atom stereocenters. The summed E-state index contributed by atoms with van der Waals surface area (Å²) in [6.45, 7) is 0. The van der Waals surface area contributed by atoms with E-state index in [1.54, 1.807) is 0 Å². The van der Waals surface area contributed by atoms with Crippen LogP contribution in [0.2, 0.25) is 0 Å². The van der Waals surface area contributed by atoms with Gasteiger partial charge in [0.15, 0.2) is 11.5 Å². The monoisotopic (exact) mass is 280 g/mol. The Morgan fingerprint density at radius 2 is 1.68 bits per heavy atom. The Labute approximate surface area is 108 Å². The van der Waals surface area contributed by atoms with Crippen molar-refractivity contribution in [1.29, 1.82) is 0 Å². The third-order valence-electron chi connectivity index (χ3n) is 2.83. The fourth-order valence-electron chi connectivity index (χ4n) is 1.96. The van der Waals surface area contributed by atoms with E-state index in [-0.39, 0.29) is 27.5 Å². The molecule has 0 amide bonds. The van der Waals surface area contributed by atoms with E-state index in [0.29, 0.717) is 0 Å². The van der Waals surface area contributed by atoms with Gasteiger partial charge in [0.1, 0.15) is 10.6 Å². The Hall–Kier alpha value is -2.41. The number of fused-ring (bicyclic) bond motifs is 3. The summed E-state index contributed by atoms with van der Waals surface area (Å²) >= 11 is 0. The molecule has 98 valence electrons. The van der Waals surface area contributed by atoms with Gasteiger partial charge in [0.25, 0.3) is 0 Å².